The van der Waals surface area contributed by atoms with E-state index < -0.39 is 6.04 Å². The van der Waals surface area contributed by atoms with Crippen LogP contribution in [0.2, 0.25) is 0 Å². The monoisotopic (exact) mass is 275 g/mol. The second-order valence-electron chi connectivity index (χ2n) is 5.33. The summed E-state index contributed by atoms with van der Waals surface area (Å²) in [5.41, 5.74) is 6.93. The lowest BCUT2D eigenvalue weighted by molar-refractivity contribution is -0.135. The molecule has 0 spiro atoms. The molecule has 0 radical (unpaired) electrons. The van der Waals surface area contributed by atoms with Crippen LogP contribution in [0.25, 0.3) is 0 Å². The molecule has 2 rings (SSSR count). The molecule has 5 heteroatoms. The summed E-state index contributed by atoms with van der Waals surface area (Å²) in [7, 11) is 1.61. The molecule has 0 aromatic heterocycles. The van der Waals surface area contributed by atoms with E-state index >= 15 is 0 Å². The van der Waals surface area contributed by atoms with E-state index in [1.54, 1.807) is 7.05 Å². The van der Waals surface area contributed by atoms with Crippen molar-refractivity contribution in [1.29, 1.82) is 0 Å². The third-order valence-electron chi connectivity index (χ3n) is 3.32. The highest BCUT2D eigenvalue weighted by molar-refractivity contribution is 5.87. The first-order chi connectivity index (χ1) is 9.56. The highest BCUT2D eigenvalue weighted by Crippen LogP contribution is 2.18. The number of rotatable bonds is 6. The highest BCUT2D eigenvalue weighted by Gasteiger charge is 2.25. The summed E-state index contributed by atoms with van der Waals surface area (Å²) in [6, 6.07) is 9.32. The van der Waals surface area contributed by atoms with Crippen molar-refractivity contribution in [3.05, 3.63) is 35.9 Å². The van der Waals surface area contributed by atoms with Gasteiger partial charge in [0.15, 0.2) is 0 Å². The molecule has 20 heavy (non-hydrogen) atoms. The summed E-state index contributed by atoms with van der Waals surface area (Å²) >= 11 is 0. The minimum atomic E-state index is -0.615. The summed E-state index contributed by atoms with van der Waals surface area (Å²) in [5, 5.41) is 2.85. The van der Waals surface area contributed by atoms with Gasteiger partial charge < -0.3 is 16.0 Å². The van der Waals surface area contributed by atoms with Crippen LogP contribution in [-0.4, -0.2) is 42.4 Å². The van der Waals surface area contributed by atoms with Crippen LogP contribution in [0.15, 0.2) is 30.3 Å². The standard InChI is InChI=1S/C15H21N3O2/c1-18(10-14(19)17-12-7-8-12)15(20)13(16)9-11-5-3-2-4-6-11/h2-6,12-13H,7-10,16H2,1H3,(H,17,19)/t13-/m1/s1. The van der Waals surface area contributed by atoms with E-state index in [2.05, 4.69) is 5.32 Å². The number of carbonyl (C=O) groups excluding carboxylic acids is 2. The van der Waals surface area contributed by atoms with Gasteiger partial charge in [-0.25, -0.2) is 0 Å². The fourth-order valence-electron chi connectivity index (χ4n) is 2.03. The Bertz CT molecular complexity index is 471. The first-order valence-electron chi connectivity index (χ1n) is 6.90. The van der Waals surface area contributed by atoms with Crippen LogP contribution in [-0.2, 0) is 16.0 Å². The number of likely N-dealkylation sites (N-methyl/N-ethyl adjacent to an activating group) is 1. The molecule has 1 atom stereocenters. The van der Waals surface area contributed by atoms with Crippen molar-refractivity contribution in [2.75, 3.05) is 13.6 Å². The molecule has 0 saturated heterocycles. The molecular formula is C15H21N3O2. The Labute approximate surface area is 119 Å². The molecule has 1 aromatic rings. The van der Waals surface area contributed by atoms with E-state index in [1.165, 1.54) is 4.90 Å². The first kappa shape index (κ1) is 14.5. The predicted molar refractivity (Wildman–Crippen MR) is 76.9 cm³/mol. The Balaban J connectivity index is 1.80. The second kappa shape index (κ2) is 6.52. The van der Waals surface area contributed by atoms with Gasteiger partial charge in [0.1, 0.15) is 0 Å². The molecular weight excluding hydrogens is 254 g/mol. The number of hydrogen-bond donors (Lipinski definition) is 2. The maximum atomic E-state index is 12.1. The Morgan fingerprint density at radius 1 is 1.35 bits per heavy atom. The van der Waals surface area contributed by atoms with Crippen molar-refractivity contribution in [2.45, 2.75) is 31.3 Å². The van der Waals surface area contributed by atoms with E-state index in [0.29, 0.717) is 12.5 Å². The van der Waals surface area contributed by atoms with Gasteiger partial charge in [-0.05, 0) is 24.8 Å². The average molecular weight is 275 g/mol. The van der Waals surface area contributed by atoms with Crippen molar-refractivity contribution < 1.29 is 9.59 Å². The van der Waals surface area contributed by atoms with Gasteiger partial charge in [-0.3, -0.25) is 9.59 Å². The Hall–Kier alpha value is -1.88. The fraction of sp³-hybridized carbons (Fsp3) is 0.467. The molecule has 0 bridgehead atoms. The lowest BCUT2D eigenvalue weighted by Crippen LogP contribution is -2.47. The Morgan fingerprint density at radius 2 is 2.00 bits per heavy atom. The van der Waals surface area contributed by atoms with Gasteiger partial charge >= 0.3 is 0 Å². The van der Waals surface area contributed by atoms with Crippen LogP contribution in [0.1, 0.15) is 18.4 Å². The van der Waals surface area contributed by atoms with Gasteiger partial charge in [0.05, 0.1) is 12.6 Å². The number of benzene rings is 1. The Morgan fingerprint density at radius 3 is 2.60 bits per heavy atom. The largest absolute Gasteiger partial charge is 0.352 e. The minimum Gasteiger partial charge on any atom is -0.352 e. The summed E-state index contributed by atoms with van der Waals surface area (Å²) in [6.07, 6.45) is 2.56. The van der Waals surface area contributed by atoms with Gasteiger partial charge in [0.2, 0.25) is 11.8 Å². The van der Waals surface area contributed by atoms with E-state index in [1.807, 2.05) is 30.3 Å². The summed E-state index contributed by atoms with van der Waals surface area (Å²) in [4.78, 5) is 25.1. The van der Waals surface area contributed by atoms with Gasteiger partial charge in [-0.15, -0.1) is 0 Å². The Kier molecular flexibility index (Phi) is 4.74. The van der Waals surface area contributed by atoms with E-state index in [4.69, 9.17) is 5.73 Å². The van der Waals surface area contributed by atoms with Crippen molar-refractivity contribution >= 4 is 11.8 Å². The molecule has 5 nitrogen and oxygen atoms in total. The highest BCUT2D eigenvalue weighted by atomic mass is 16.2. The number of carbonyl (C=O) groups is 2. The van der Waals surface area contributed by atoms with E-state index in [-0.39, 0.29) is 18.4 Å². The third-order valence-corrected chi connectivity index (χ3v) is 3.32. The topological polar surface area (TPSA) is 75.4 Å². The van der Waals surface area contributed by atoms with E-state index in [0.717, 1.165) is 18.4 Å². The van der Waals surface area contributed by atoms with Crippen LogP contribution in [0, 0.1) is 0 Å². The maximum Gasteiger partial charge on any atom is 0.240 e. The smallest absolute Gasteiger partial charge is 0.240 e. The zero-order chi connectivity index (χ0) is 14.5. The lowest BCUT2D eigenvalue weighted by atomic mass is 10.1. The fourth-order valence-corrected chi connectivity index (χ4v) is 2.03. The molecule has 0 unspecified atom stereocenters. The van der Waals surface area contributed by atoms with Crippen molar-refractivity contribution in [3.63, 3.8) is 0 Å². The number of nitrogens with one attached hydrogen (secondary N) is 1. The molecule has 1 aliphatic carbocycles. The van der Waals surface area contributed by atoms with Crippen molar-refractivity contribution in [3.8, 4) is 0 Å². The summed E-state index contributed by atoms with van der Waals surface area (Å²) in [5.74, 6) is -0.324. The van der Waals surface area contributed by atoms with Crippen LogP contribution >= 0.6 is 0 Å². The van der Waals surface area contributed by atoms with Gasteiger partial charge in [0.25, 0.3) is 0 Å². The van der Waals surface area contributed by atoms with Crippen molar-refractivity contribution in [2.24, 2.45) is 5.73 Å². The first-order valence-corrected chi connectivity index (χ1v) is 6.90. The third kappa shape index (κ3) is 4.35. The normalized spacial score (nSPS) is 15.5. The van der Waals surface area contributed by atoms with Crippen LogP contribution < -0.4 is 11.1 Å². The average Bonchev–Trinajstić information content (AvgIpc) is 3.22. The van der Waals surface area contributed by atoms with Gasteiger partial charge in [0, 0.05) is 13.1 Å². The molecule has 1 saturated carbocycles. The number of nitrogens with zero attached hydrogens (tertiary/aromatic N) is 1. The number of hydrogen-bond acceptors (Lipinski definition) is 3. The molecule has 1 aliphatic rings. The number of amides is 2. The number of nitrogens with two attached hydrogens (primary N) is 1. The van der Waals surface area contributed by atoms with Crippen LogP contribution in [0.5, 0.6) is 0 Å². The zero-order valence-corrected chi connectivity index (χ0v) is 11.7. The summed E-state index contributed by atoms with van der Waals surface area (Å²) in [6.45, 7) is 0.0673. The van der Waals surface area contributed by atoms with E-state index in [9.17, 15) is 9.59 Å². The molecule has 0 aliphatic heterocycles. The second-order valence-corrected chi connectivity index (χ2v) is 5.33. The summed E-state index contributed by atoms with van der Waals surface area (Å²) < 4.78 is 0. The molecule has 3 N–H and O–H groups in total. The molecule has 1 aromatic carbocycles. The molecule has 0 heterocycles. The van der Waals surface area contributed by atoms with Crippen LogP contribution in [0.4, 0.5) is 0 Å². The SMILES string of the molecule is CN(CC(=O)NC1CC1)C(=O)[C@H](N)Cc1ccccc1. The van der Waals surface area contributed by atoms with Gasteiger partial charge in [-0.1, -0.05) is 30.3 Å². The molecule has 108 valence electrons. The van der Waals surface area contributed by atoms with Crippen molar-refractivity contribution in [1.82, 2.24) is 10.2 Å². The zero-order valence-electron chi connectivity index (χ0n) is 11.7. The molecule has 2 amide bonds. The minimum absolute atomic E-state index is 0.0673. The predicted octanol–water partition coefficient (Wildman–Crippen LogP) is 0.293. The van der Waals surface area contributed by atoms with Crippen LogP contribution in [0.3, 0.4) is 0 Å². The maximum absolute atomic E-state index is 12.1. The van der Waals surface area contributed by atoms with Gasteiger partial charge in [-0.2, -0.15) is 0 Å². The molecule has 1 fully saturated rings. The quantitative estimate of drug-likeness (QED) is 0.783. The lowest BCUT2D eigenvalue weighted by Gasteiger charge is -2.21.